The second-order valence-electron chi connectivity index (χ2n) is 4.57. The smallest absolute Gasteiger partial charge is 0.0701 e. The van der Waals surface area contributed by atoms with Crippen LogP contribution in [0.2, 0.25) is 0 Å². The molecule has 114 valence electrons. The normalized spacial score (nSPS) is 10.9. The third kappa shape index (κ3) is 9.04. The number of methoxy groups -OCH3 is 1. The molecular formula is C16H26O4. The second-order valence-corrected chi connectivity index (χ2v) is 4.57. The third-order valence-corrected chi connectivity index (χ3v) is 2.83. The van der Waals surface area contributed by atoms with E-state index in [1.54, 1.807) is 7.11 Å². The zero-order valence-electron chi connectivity index (χ0n) is 12.6. The van der Waals surface area contributed by atoms with Crippen molar-refractivity contribution in [3.63, 3.8) is 0 Å². The molecule has 20 heavy (non-hydrogen) atoms. The van der Waals surface area contributed by atoms with Crippen molar-refractivity contribution in [1.82, 2.24) is 0 Å². The van der Waals surface area contributed by atoms with Crippen molar-refractivity contribution in [2.75, 3.05) is 53.4 Å². The van der Waals surface area contributed by atoms with Gasteiger partial charge in [0, 0.05) is 7.11 Å². The van der Waals surface area contributed by atoms with E-state index in [1.807, 2.05) is 0 Å². The summed E-state index contributed by atoms with van der Waals surface area (Å²) < 4.78 is 21.1. The number of benzene rings is 1. The minimum absolute atomic E-state index is 0.602. The molecule has 0 atom stereocenters. The molecule has 0 radical (unpaired) electrons. The molecule has 0 fully saturated rings. The molecule has 0 amide bonds. The first-order chi connectivity index (χ1) is 9.83. The van der Waals surface area contributed by atoms with E-state index < -0.39 is 0 Å². The Morgan fingerprint density at radius 1 is 0.700 bits per heavy atom. The first-order valence-corrected chi connectivity index (χ1v) is 7.10. The van der Waals surface area contributed by atoms with Gasteiger partial charge < -0.3 is 18.9 Å². The molecule has 0 spiro atoms. The molecule has 1 aromatic rings. The highest BCUT2D eigenvalue weighted by Gasteiger charge is 1.94. The van der Waals surface area contributed by atoms with E-state index in [0.29, 0.717) is 39.6 Å². The average molecular weight is 282 g/mol. The number of hydrogen-bond donors (Lipinski definition) is 0. The summed E-state index contributed by atoms with van der Waals surface area (Å²) in [5.41, 5.74) is 2.60. The summed E-state index contributed by atoms with van der Waals surface area (Å²) in [6.45, 7) is 6.52. The lowest BCUT2D eigenvalue weighted by molar-refractivity contribution is 0.00406. The summed E-state index contributed by atoms with van der Waals surface area (Å²) in [6.07, 6.45) is 0.945. The maximum absolute atomic E-state index is 5.53. The van der Waals surface area contributed by atoms with Crippen LogP contribution in [0.4, 0.5) is 0 Å². The fourth-order valence-electron chi connectivity index (χ4n) is 1.63. The standard InChI is InChI=1S/C16H26O4/c1-15-3-5-16(6-4-15)7-8-18-11-12-20-14-13-19-10-9-17-2/h3-6H,7-14H2,1-2H3. The van der Waals surface area contributed by atoms with Gasteiger partial charge in [0.1, 0.15) is 0 Å². The highest BCUT2D eigenvalue weighted by atomic mass is 16.6. The van der Waals surface area contributed by atoms with Gasteiger partial charge in [-0.3, -0.25) is 0 Å². The van der Waals surface area contributed by atoms with E-state index in [9.17, 15) is 0 Å². The maximum Gasteiger partial charge on any atom is 0.0701 e. The van der Waals surface area contributed by atoms with E-state index in [4.69, 9.17) is 18.9 Å². The molecule has 0 saturated heterocycles. The Bertz CT molecular complexity index is 324. The molecule has 1 aromatic carbocycles. The first-order valence-electron chi connectivity index (χ1n) is 7.10. The van der Waals surface area contributed by atoms with Gasteiger partial charge >= 0.3 is 0 Å². The van der Waals surface area contributed by atoms with Crippen molar-refractivity contribution in [2.45, 2.75) is 13.3 Å². The summed E-state index contributed by atoms with van der Waals surface area (Å²) in [4.78, 5) is 0. The van der Waals surface area contributed by atoms with Gasteiger partial charge in [-0.15, -0.1) is 0 Å². The van der Waals surface area contributed by atoms with Crippen LogP contribution in [0.25, 0.3) is 0 Å². The van der Waals surface area contributed by atoms with Crippen LogP contribution < -0.4 is 0 Å². The van der Waals surface area contributed by atoms with Crippen LogP contribution in [-0.4, -0.2) is 53.4 Å². The molecule has 0 N–H and O–H groups in total. The lowest BCUT2D eigenvalue weighted by Gasteiger charge is -2.07. The Morgan fingerprint density at radius 2 is 1.20 bits per heavy atom. The Hall–Kier alpha value is -0.940. The first kappa shape index (κ1) is 17.1. The van der Waals surface area contributed by atoms with Gasteiger partial charge in [-0.25, -0.2) is 0 Å². The Labute approximate surface area is 122 Å². The largest absolute Gasteiger partial charge is 0.382 e. The summed E-state index contributed by atoms with van der Waals surface area (Å²) in [7, 11) is 1.66. The van der Waals surface area contributed by atoms with E-state index in [1.165, 1.54) is 11.1 Å². The lowest BCUT2D eigenvalue weighted by Crippen LogP contribution is -2.12. The molecule has 0 aliphatic carbocycles. The summed E-state index contributed by atoms with van der Waals surface area (Å²) in [5, 5.41) is 0. The number of hydrogen-bond acceptors (Lipinski definition) is 4. The molecule has 0 aromatic heterocycles. The Kier molecular flexibility index (Phi) is 10.1. The van der Waals surface area contributed by atoms with Crippen LogP contribution in [0.3, 0.4) is 0 Å². The number of ether oxygens (including phenoxy) is 4. The van der Waals surface area contributed by atoms with E-state index >= 15 is 0 Å². The average Bonchev–Trinajstić information content (AvgIpc) is 2.47. The number of rotatable bonds is 12. The van der Waals surface area contributed by atoms with Crippen molar-refractivity contribution < 1.29 is 18.9 Å². The van der Waals surface area contributed by atoms with E-state index in [-0.39, 0.29) is 0 Å². The highest BCUT2D eigenvalue weighted by molar-refractivity contribution is 5.21. The van der Waals surface area contributed by atoms with Gasteiger partial charge in [-0.1, -0.05) is 29.8 Å². The summed E-state index contributed by atoms with van der Waals surface area (Å²) in [6, 6.07) is 8.54. The molecule has 0 bridgehead atoms. The molecule has 4 heteroatoms. The topological polar surface area (TPSA) is 36.9 Å². The Morgan fingerprint density at radius 3 is 1.75 bits per heavy atom. The van der Waals surface area contributed by atoms with Crippen LogP contribution in [0.1, 0.15) is 11.1 Å². The lowest BCUT2D eigenvalue weighted by atomic mass is 10.1. The second kappa shape index (κ2) is 11.9. The molecular weight excluding hydrogens is 256 g/mol. The van der Waals surface area contributed by atoms with Gasteiger partial charge in [-0.05, 0) is 18.9 Å². The van der Waals surface area contributed by atoms with Crippen LogP contribution in [0.15, 0.2) is 24.3 Å². The van der Waals surface area contributed by atoms with Crippen molar-refractivity contribution >= 4 is 0 Å². The Balaban J connectivity index is 1.84. The molecule has 0 heterocycles. The summed E-state index contributed by atoms with van der Waals surface area (Å²) >= 11 is 0. The molecule has 0 unspecified atom stereocenters. The zero-order valence-corrected chi connectivity index (χ0v) is 12.6. The van der Waals surface area contributed by atoms with Gasteiger partial charge in [0.2, 0.25) is 0 Å². The van der Waals surface area contributed by atoms with E-state index in [2.05, 4.69) is 31.2 Å². The molecule has 0 saturated carbocycles. The van der Waals surface area contributed by atoms with Crippen molar-refractivity contribution in [3.05, 3.63) is 35.4 Å². The van der Waals surface area contributed by atoms with Crippen LogP contribution in [0, 0.1) is 6.92 Å². The predicted octanol–water partition coefficient (Wildman–Crippen LogP) is 2.23. The quantitative estimate of drug-likeness (QED) is 0.551. The van der Waals surface area contributed by atoms with E-state index in [0.717, 1.165) is 13.0 Å². The highest BCUT2D eigenvalue weighted by Crippen LogP contribution is 2.03. The minimum Gasteiger partial charge on any atom is -0.382 e. The van der Waals surface area contributed by atoms with Crippen molar-refractivity contribution in [1.29, 1.82) is 0 Å². The molecule has 0 aliphatic heterocycles. The molecule has 4 nitrogen and oxygen atoms in total. The van der Waals surface area contributed by atoms with Crippen molar-refractivity contribution in [3.8, 4) is 0 Å². The maximum atomic E-state index is 5.53. The third-order valence-electron chi connectivity index (χ3n) is 2.83. The monoisotopic (exact) mass is 282 g/mol. The van der Waals surface area contributed by atoms with Crippen molar-refractivity contribution in [2.24, 2.45) is 0 Å². The van der Waals surface area contributed by atoms with Crippen LogP contribution >= 0.6 is 0 Å². The van der Waals surface area contributed by atoms with Crippen LogP contribution in [-0.2, 0) is 25.4 Å². The predicted molar refractivity (Wildman–Crippen MR) is 79.2 cm³/mol. The molecule has 0 aliphatic rings. The van der Waals surface area contributed by atoms with Crippen LogP contribution in [0.5, 0.6) is 0 Å². The molecule has 1 rings (SSSR count). The van der Waals surface area contributed by atoms with Gasteiger partial charge in [-0.2, -0.15) is 0 Å². The van der Waals surface area contributed by atoms with Gasteiger partial charge in [0.25, 0.3) is 0 Å². The SMILES string of the molecule is COCCOCCOCCOCCc1ccc(C)cc1. The summed E-state index contributed by atoms with van der Waals surface area (Å²) in [5.74, 6) is 0. The fourth-order valence-corrected chi connectivity index (χ4v) is 1.63. The minimum atomic E-state index is 0.602. The zero-order chi connectivity index (χ0) is 14.5. The fraction of sp³-hybridized carbons (Fsp3) is 0.625. The number of aryl methyl sites for hydroxylation is 1. The van der Waals surface area contributed by atoms with Gasteiger partial charge in [0.15, 0.2) is 0 Å². The van der Waals surface area contributed by atoms with Gasteiger partial charge in [0.05, 0.1) is 46.2 Å².